The zero-order valence-electron chi connectivity index (χ0n) is 5.05. The Bertz CT molecular complexity index is 10.1. The van der Waals surface area contributed by atoms with E-state index in [4.69, 9.17) is 15.3 Å². The number of aliphatic hydroxyl groups excluding tert-OH is 3. The molecule has 7 heavy (non-hydrogen) atoms. The molecule has 0 saturated heterocycles. The third-order valence-corrected chi connectivity index (χ3v) is 0. The number of hydrogen-bond donors (Lipinski definition) is 3. The second kappa shape index (κ2) is 1850. The summed E-state index contributed by atoms with van der Waals surface area (Å²) in [5, 5.41) is 21.0. The summed E-state index contributed by atoms with van der Waals surface area (Å²) in [6.45, 7) is 0. The maximum absolute atomic E-state index is 7.00. The summed E-state index contributed by atoms with van der Waals surface area (Å²) in [5.41, 5.74) is 0. The van der Waals surface area contributed by atoms with Crippen molar-refractivity contribution >= 4 is 9.90 Å². The van der Waals surface area contributed by atoms with Crippen LogP contribution in [0.15, 0.2) is 0 Å². The second-order valence-electron chi connectivity index (χ2n) is 0. The van der Waals surface area contributed by atoms with Crippen LogP contribution in [0.2, 0.25) is 0 Å². The Morgan fingerprint density at radius 3 is 0.571 bits per heavy atom. The van der Waals surface area contributed by atoms with E-state index in [1.807, 2.05) is 0 Å². The van der Waals surface area contributed by atoms with E-state index in [-0.39, 0.29) is 9.90 Å². The van der Waals surface area contributed by atoms with Crippen LogP contribution in [0.1, 0.15) is 0 Å². The van der Waals surface area contributed by atoms with Gasteiger partial charge in [-0.05, 0) is 0 Å². The molecule has 0 amide bonds. The third kappa shape index (κ3) is 1220. The molecule has 3 nitrogen and oxygen atoms in total. The molecule has 0 aliphatic carbocycles. The predicted octanol–water partition coefficient (Wildman–Crippen LogP) is -1.12. The first kappa shape index (κ1) is 26.6. The summed E-state index contributed by atoms with van der Waals surface area (Å²) in [6.07, 6.45) is 0. The minimum Gasteiger partial charge on any atom is -0.400 e. The molecule has 0 spiro atoms. The van der Waals surface area contributed by atoms with Crippen molar-refractivity contribution in [2.24, 2.45) is 0 Å². The van der Waals surface area contributed by atoms with Crippen molar-refractivity contribution < 1.29 is 15.3 Å². The fraction of sp³-hybridized carbons (Fsp3) is 1.00. The van der Waals surface area contributed by atoms with Gasteiger partial charge in [0.2, 0.25) is 0 Å². The summed E-state index contributed by atoms with van der Waals surface area (Å²) >= 11 is 0. The van der Waals surface area contributed by atoms with Crippen LogP contribution >= 0.6 is 9.90 Å². The zero-order valence-corrected chi connectivity index (χ0v) is 6.46. The van der Waals surface area contributed by atoms with Gasteiger partial charge < -0.3 is 15.3 Å². The summed E-state index contributed by atoms with van der Waals surface area (Å²) in [4.78, 5) is 0. The van der Waals surface area contributed by atoms with Crippen LogP contribution in [-0.2, 0) is 0 Å². The molecular formula is C3H15O3P. The highest BCUT2D eigenvalue weighted by Crippen LogP contribution is 0.861. The standard InChI is InChI=1S/3CH4O.H3P/c3*1-2;/h3*2H,1H3;1H3. The molecule has 50 valence electrons. The molecule has 0 aliphatic rings. The van der Waals surface area contributed by atoms with Crippen molar-refractivity contribution in [1.29, 1.82) is 0 Å². The molecule has 0 bridgehead atoms. The van der Waals surface area contributed by atoms with Crippen molar-refractivity contribution in [3.8, 4) is 0 Å². The van der Waals surface area contributed by atoms with E-state index in [1.165, 1.54) is 0 Å². The van der Waals surface area contributed by atoms with E-state index in [1.54, 1.807) is 0 Å². The number of hydrogen-bond acceptors (Lipinski definition) is 3. The van der Waals surface area contributed by atoms with Crippen LogP contribution in [0.5, 0.6) is 0 Å². The van der Waals surface area contributed by atoms with Gasteiger partial charge in [-0.1, -0.05) is 0 Å². The van der Waals surface area contributed by atoms with Gasteiger partial charge in [0.15, 0.2) is 0 Å². The van der Waals surface area contributed by atoms with Crippen molar-refractivity contribution in [3.63, 3.8) is 0 Å². The highest BCUT2D eigenvalue weighted by Gasteiger charge is 0.843. The highest BCUT2D eigenvalue weighted by atomic mass is 31.0. The van der Waals surface area contributed by atoms with E-state index in [2.05, 4.69) is 0 Å². The minimum absolute atomic E-state index is 0. The molecule has 0 fully saturated rings. The minimum atomic E-state index is 0. The summed E-state index contributed by atoms with van der Waals surface area (Å²) in [7, 11) is 3.00. The average Bonchev–Trinajstić information content (AvgIpc) is 1.81. The lowest BCUT2D eigenvalue weighted by molar-refractivity contribution is 0.399. The maximum Gasteiger partial charge on any atom is 0.0319 e. The third-order valence-electron chi connectivity index (χ3n) is 0. The quantitative estimate of drug-likeness (QED) is 0.364. The van der Waals surface area contributed by atoms with E-state index in [9.17, 15) is 0 Å². The molecule has 3 N–H and O–H groups in total. The van der Waals surface area contributed by atoms with Crippen LogP contribution in [0.25, 0.3) is 0 Å². The highest BCUT2D eigenvalue weighted by molar-refractivity contribution is 6.92. The van der Waals surface area contributed by atoms with E-state index in [0.29, 0.717) is 0 Å². The first-order valence-corrected chi connectivity index (χ1v) is 1.34. The van der Waals surface area contributed by atoms with Crippen LogP contribution in [0.4, 0.5) is 0 Å². The largest absolute Gasteiger partial charge is 0.400 e. The van der Waals surface area contributed by atoms with Crippen LogP contribution in [0.3, 0.4) is 0 Å². The van der Waals surface area contributed by atoms with E-state index in [0.717, 1.165) is 21.3 Å². The van der Waals surface area contributed by atoms with Gasteiger partial charge in [-0.3, -0.25) is 0 Å². The molecule has 0 aromatic rings. The zero-order chi connectivity index (χ0) is 6.00. The average molecular weight is 130 g/mol. The monoisotopic (exact) mass is 130 g/mol. The topological polar surface area (TPSA) is 60.7 Å². The Labute approximate surface area is 47.6 Å². The normalized spacial score (nSPS) is 2.57. The van der Waals surface area contributed by atoms with Gasteiger partial charge >= 0.3 is 0 Å². The lowest BCUT2D eigenvalue weighted by Crippen LogP contribution is -1.25. The summed E-state index contributed by atoms with van der Waals surface area (Å²) < 4.78 is 0. The molecule has 0 aromatic carbocycles. The Hall–Kier alpha value is 0.310. The van der Waals surface area contributed by atoms with E-state index >= 15 is 0 Å². The van der Waals surface area contributed by atoms with Crippen molar-refractivity contribution in [2.45, 2.75) is 0 Å². The van der Waals surface area contributed by atoms with Gasteiger partial charge in [0.05, 0.1) is 0 Å². The summed E-state index contributed by atoms with van der Waals surface area (Å²) in [5.74, 6) is 0. The van der Waals surface area contributed by atoms with Crippen LogP contribution in [0, 0.1) is 0 Å². The SMILES string of the molecule is CO.CO.CO.P. The van der Waals surface area contributed by atoms with Crippen molar-refractivity contribution in [1.82, 2.24) is 0 Å². The molecule has 0 aliphatic heterocycles. The van der Waals surface area contributed by atoms with Gasteiger partial charge in [0.25, 0.3) is 0 Å². The molecule has 0 saturated carbocycles. The van der Waals surface area contributed by atoms with Gasteiger partial charge in [-0.15, -0.1) is 0 Å². The van der Waals surface area contributed by atoms with Crippen molar-refractivity contribution in [2.75, 3.05) is 21.3 Å². The molecule has 4 heteroatoms. The first-order valence-electron chi connectivity index (χ1n) is 1.34. The Morgan fingerprint density at radius 2 is 0.571 bits per heavy atom. The Balaban J connectivity index is -0.00000000900. The lowest BCUT2D eigenvalue weighted by atomic mass is 11.8. The Kier molecular flexibility index (Phi) is 7030. The van der Waals surface area contributed by atoms with Gasteiger partial charge in [-0.25, -0.2) is 0 Å². The number of aliphatic hydroxyl groups is 3. The predicted molar refractivity (Wildman–Crippen MR) is 35.5 cm³/mol. The molecule has 1 unspecified atom stereocenters. The van der Waals surface area contributed by atoms with Gasteiger partial charge in [0.1, 0.15) is 0 Å². The summed E-state index contributed by atoms with van der Waals surface area (Å²) in [6, 6.07) is 0. The van der Waals surface area contributed by atoms with E-state index < -0.39 is 0 Å². The molecule has 1 atom stereocenters. The lowest BCUT2D eigenvalue weighted by Gasteiger charge is -1.21. The second-order valence-corrected chi connectivity index (χ2v) is 0. The van der Waals surface area contributed by atoms with Gasteiger partial charge in [-0.2, -0.15) is 9.90 Å². The Morgan fingerprint density at radius 1 is 0.571 bits per heavy atom. The first-order chi connectivity index (χ1) is 3.00. The number of rotatable bonds is 0. The molecular weight excluding hydrogens is 115 g/mol. The smallest absolute Gasteiger partial charge is 0.0319 e. The molecule has 0 heterocycles. The van der Waals surface area contributed by atoms with Crippen molar-refractivity contribution in [3.05, 3.63) is 0 Å². The molecule has 0 rings (SSSR count). The molecule has 0 aromatic heterocycles. The fourth-order valence-corrected chi connectivity index (χ4v) is 0. The fourth-order valence-electron chi connectivity index (χ4n) is 0. The van der Waals surface area contributed by atoms with Gasteiger partial charge in [0, 0.05) is 21.3 Å². The van der Waals surface area contributed by atoms with Crippen LogP contribution in [-0.4, -0.2) is 36.6 Å². The van der Waals surface area contributed by atoms with Crippen LogP contribution < -0.4 is 0 Å². The maximum atomic E-state index is 7.00. The molecule has 0 radical (unpaired) electrons.